The van der Waals surface area contributed by atoms with Crippen LogP contribution in [0.2, 0.25) is 0 Å². The molecule has 0 amide bonds. The van der Waals surface area contributed by atoms with Crippen molar-refractivity contribution in [3.05, 3.63) is 0 Å². The second-order valence-electron chi connectivity index (χ2n) is 2.72. The van der Waals surface area contributed by atoms with Crippen LogP contribution >= 0.6 is 15.9 Å². The van der Waals surface area contributed by atoms with E-state index in [1.165, 1.54) is 7.11 Å². The van der Waals surface area contributed by atoms with E-state index in [0.29, 0.717) is 12.3 Å². The fraction of sp³-hybridized carbons (Fsp3) is 0.875. The van der Waals surface area contributed by atoms with E-state index in [9.17, 15) is 4.79 Å². The normalized spacial score (nSPS) is 12.6. The summed E-state index contributed by atoms with van der Waals surface area (Å²) < 4.78 is 4.55. The third-order valence-corrected chi connectivity index (χ3v) is 2.13. The highest BCUT2D eigenvalue weighted by Crippen LogP contribution is 2.11. The second-order valence-corrected chi connectivity index (χ2v) is 3.51. The van der Waals surface area contributed by atoms with E-state index < -0.39 is 0 Å². The van der Waals surface area contributed by atoms with Crippen molar-refractivity contribution >= 4 is 21.9 Å². The lowest BCUT2D eigenvalue weighted by Gasteiger charge is -2.07. The number of ether oxygens (including phenoxy) is 1. The Kier molecular flexibility index (Phi) is 6.62. The van der Waals surface area contributed by atoms with E-state index in [-0.39, 0.29) is 5.97 Å². The van der Waals surface area contributed by atoms with Crippen LogP contribution in [0.25, 0.3) is 0 Å². The molecule has 0 aliphatic rings. The predicted octanol–water partition coefficient (Wildman–Crippen LogP) is 2.36. The van der Waals surface area contributed by atoms with Crippen LogP contribution in [0.4, 0.5) is 0 Å². The lowest BCUT2D eigenvalue weighted by Crippen LogP contribution is -2.07. The lowest BCUT2D eigenvalue weighted by atomic mass is 10.0. The molecule has 3 heteroatoms. The summed E-state index contributed by atoms with van der Waals surface area (Å²) in [5, 5.41) is 1.01. The van der Waals surface area contributed by atoms with E-state index in [4.69, 9.17) is 0 Å². The molecule has 2 nitrogen and oxygen atoms in total. The van der Waals surface area contributed by atoms with Gasteiger partial charge in [-0.15, -0.1) is 0 Å². The molecule has 1 atom stereocenters. The molecule has 66 valence electrons. The first-order chi connectivity index (χ1) is 5.20. The second kappa shape index (κ2) is 6.65. The van der Waals surface area contributed by atoms with Gasteiger partial charge in [0.05, 0.1) is 7.11 Å². The van der Waals surface area contributed by atoms with E-state index in [0.717, 1.165) is 18.2 Å². The smallest absolute Gasteiger partial charge is 0.305 e. The quantitative estimate of drug-likeness (QED) is 0.528. The maximum Gasteiger partial charge on any atom is 0.305 e. The Bertz CT molecular complexity index is 115. The van der Waals surface area contributed by atoms with Gasteiger partial charge < -0.3 is 4.74 Å². The molecule has 0 spiro atoms. The summed E-state index contributed by atoms with van der Waals surface area (Å²) in [5.74, 6) is 0.340. The molecule has 0 N–H and O–H groups in total. The third-order valence-electron chi connectivity index (χ3n) is 1.57. The van der Waals surface area contributed by atoms with Gasteiger partial charge in [-0.05, 0) is 18.8 Å². The SMILES string of the molecule is COC(=O)C[C@H](C)CCCBr. The number of methoxy groups -OCH3 is 1. The molecule has 0 aromatic carbocycles. The minimum absolute atomic E-state index is 0.105. The Morgan fingerprint density at radius 2 is 2.27 bits per heavy atom. The van der Waals surface area contributed by atoms with Gasteiger partial charge in [0, 0.05) is 11.8 Å². The molecule has 0 aromatic rings. The molecule has 0 rings (SSSR count). The number of alkyl halides is 1. The zero-order valence-electron chi connectivity index (χ0n) is 7.10. The van der Waals surface area contributed by atoms with E-state index in [1.54, 1.807) is 0 Å². The molecule has 0 radical (unpaired) electrons. The number of hydrogen-bond donors (Lipinski definition) is 0. The molecule has 0 aromatic heterocycles. The fourth-order valence-electron chi connectivity index (χ4n) is 0.896. The molecule has 0 aliphatic heterocycles. The van der Waals surface area contributed by atoms with Crippen molar-refractivity contribution in [1.29, 1.82) is 0 Å². The first kappa shape index (κ1) is 11.0. The van der Waals surface area contributed by atoms with Gasteiger partial charge >= 0.3 is 5.97 Å². The molecule has 0 unspecified atom stereocenters. The topological polar surface area (TPSA) is 26.3 Å². The van der Waals surface area contributed by atoms with Gasteiger partial charge in [0.15, 0.2) is 0 Å². The van der Waals surface area contributed by atoms with E-state index >= 15 is 0 Å². The van der Waals surface area contributed by atoms with Gasteiger partial charge in [-0.1, -0.05) is 22.9 Å². The number of hydrogen-bond acceptors (Lipinski definition) is 2. The summed E-state index contributed by atoms with van der Waals surface area (Å²) in [6.45, 7) is 2.07. The number of carbonyl (C=O) groups is 1. The molecule has 0 heterocycles. The van der Waals surface area contributed by atoms with Crippen molar-refractivity contribution in [2.45, 2.75) is 26.2 Å². The average molecular weight is 223 g/mol. The standard InChI is InChI=1S/C8H15BrO2/c1-7(4-3-5-9)6-8(10)11-2/h7H,3-6H2,1-2H3/t7-/m1/s1. The number of rotatable bonds is 5. The van der Waals surface area contributed by atoms with Crippen LogP contribution in [0.5, 0.6) is 0 Å². The number of esters is 1. The maximum atomic E-state index is 10.8. The average Bonchev–Trinajstić information content (AvgIpc) is 2.00. The molecule has 0 saturated carbocycles. The van der Waals surface area contributed by atoms with Crippen molar-refractivity contribution in [3.8, 4) is 0 Å². The van der Waals surface area contributed by atoms with Crippen molar-refractivity contribution in [2.24, 2.45) is 5.92 Å². The zero-order valence-corrected chi connectivity index (χ0v) is 8.69. The van der Waals surface area contributed by atoms with Crippen molar-refractivity contribution in [3.63, 3.8) is 0 Å². The van der Waals surface area contributed by atoms with Crippen molar-refractivity contribution in [2.75, 3.05) is 12.4 Å². The minimum atomic E-state index is -0.105. The van der Waals surface area contributed by atoms with Gasteiger partial charge in [-0.2, -0.15) is 0 Å². The maximum absolute atomic E-state index is 10.8. The molecule has 11 heavy (non-hydrogen) atoms. The number of halogens is 1. The van der Waals surface area contributed by atoms with E-state index in [2.05, 4.69) is 27.6 Å². The molecular formula is C8H15BrO2. The Balaban J connectivity index is 3.35. The number of carbonyl (C=O) groups excluding carboxylic acids is 1. The van der Waals surface area contributed by atoms with Crippen molar-refractivity contribution < 1.29 is 9.53 Å². The Morgan fingerprint density at radius 3 is 2.73 bits per heavy atom. The van der Waals surface area contributed by atoms with Crippen LogP contribution in [-0.2, 0) is 9.53 Å². The molecule has 0 bridgehead atoms. The first-order valence-electron chi connectivity index (χ1n) is 3.83. The highest BCUT2D eigenvalue weighted by Gasteiger charge is 2.07. The van der Waals surface area contributed by atoms with Gasteiger partial charge in [-0.25, -0.2) is 0 Å². The summed E-state index contributed by atoms with van der Waals surface area (Å²) in [7, 11) is 1.43. The van der Waals surface area contributed by atoms with Gasteiger partial charge in [0.25, 0.3) is 0 Å². The molecule has 0 aliphatic carbocycles. The van der Waals surface area contributed by atoms with Crippen LogP contribution in [-0.4, -0.2) is 18.4 Å². The van der Waals surface area contributed by atoms with Crippen LogP contribution in [0.3, 0.4) is 0 Å². The molecule has 0 fully saturated rings. The summed E-state index contributed by atoms with van der Waals surface area (Å²) in [6.07, 6.45) is 2.75. The zero-order chi connectivity index (χ0) is 8.69. The van der Waals surface area contributed by atoms with E-state index in [1.807, 2.05) is 0 Å². The Labute approximate surface area is 76.4 Å². The van der Waals surface area contributed by atoms with Crippen molar-refractivity contribution in [1.82, 2.24) is 0 Å². The highest BCUT2D eigenvalue weighted by atomic mass is 79.9. The molecular weight excluding hydrogens is 208 g/mol. The Morgan fingerprint density at radius 1 is 1.64 bits per heavy atom. The largest absolute Gasteiger partial charge is 0.469 e. The first-order valence-corrected chi connectivity index (χ1v) is 4.95. The van der Waals surface area contributed by atoms with Crippen LogP contribution < -0.4 is 0 Å². The van der Waals surface area contributed by atoms with Gasteiger partial charge in [0.1, 0.15) is 0 Å². The summed E-state index contributed by atoms with van der Waals surface area (Å²) >= 11 is 3.34. The summed E-state index contributed by atoms with van der Waals surface area (Å²) in [4.78, 5) is 10.8. The van der Waals surface area contributed by atoms with Crippen LogP contribution in [0.1, 0.15) is 26.2 Å². The highest BCUT2D eigenvalue weighted by molar-refractivity contribution is 9.09. The Hall–Kier alpha value is -0.0500. The summed E-state index contributed by atoms with van der Waals surface area (Å²) in [6, 6.07) is 0. The summed E-state index contributed by atoms with van der Waals surface area (Å²) in [5.41, 5.74) is 0. The molecule has 0 saturated heterocycles. The fourth-order valence-corrected chi connectivity index (χ4v) is 1.22. The monoisotopic (exact) mass is 222 g/mol. The van der Waals surface area contributed by atoms with Gasteiger partial charge in [-0.3, -0.25) is 4.79 Å². The minimum Gasteiger partial charge on any atom is -0.469 e. The van der Waals surface area contributed by atoms with Crippen LogP contribution in [0, 0.1) is 5.92 Å². The van der Waals surface area contributed by atoms with Crippen LogP contribution in [0.15, 0.2) is 0 Å². The predicted molar refractivity (Wildman–Crippen MR) is 48.8 cm³/mol. The third kappa shape index (κ3) is 6.35. The lowest BCUT2D eigenvalue weighted by molar-refractivity contribution is -0.141. The van der Waals surface area contributed by atoms with Gasteiger partial charge in [0.2, 0.25) is 0 Å².